The number of nitrogens with zero attached hydrogens (tertiary/aromatic N) is 4. The number of aliphatic imine (C=N–C) groups is 1. The second kappa shape index (κ2) is 10.5. The minimum Gasteiger partial charge on any atom is -0.338 e. The number of anilines is 1. The van der Waals surface area contributed by atoms with Gasteiger partial charge in [0.2, 0.25) is 0 Å². The topological polar surface area (TPSA) is 83.1 Å². The van der Waals surface area contributed by atoms with Gasteiger partial charge in [0, 0.05) is 28.9 Å². The van der Waals surface area contributed by atoms with E-state index in [0.29, 0.717) is 23.6 Å². The predicted octanol–water partition coefficient (Wildman–Crippen LogP) is 6.46. The van der Waals surface area contributed by atoms with Crippen molar-refractivity contribution in [3.63, 3.8) is 0 Å². The molecular weight excluding hydrogens is 450 g/mol. The lowest BCUT2D eigenvalue weighted by molar-refractivity contribution is -0.384. The van der Waals surface area contributed by atoms with Crippen LogP contribution < -0.4 is 5.32 Å². The van der Waals surface area contributed by atoms with Gasteiger partial charge in [0.1, 0.15) is 11.5 Å². The Bertz CT molecular complexity index is 1450. The molecule has 0 saturated heterocycles. The number of nitro benzene ring substituents is 1. The average Bonchev–Trinajstić information content (AvgIpc) is 3.12. The third-order valence-electron chi connectivity index (χ3n) is 5.65. The van der Waals surface area contributed by atoms with Crippen molar-refractivity contribution < 1.29 is 4.92 Å². The van der Waals surface area contributed by atoms with Crippen LogP contribution in [0.4, 0.5) is 11.4 Å². The fourth-order valence-electron chi connectivity index (χ4n) is 3.90. The molecule has 0 amide bonds. The first kappa shape index (κ1) is 22.7. The van der Waals surface area contributed by atoms with Crippen molar-refractivity contribution in [2.45, 2.75) is 6.54 Å². The molecule has 4 aromatic rings. The van der Waals surface area contributed by atoms with E-state index >= 15 is 0 Å². The number of hydrogen-bond acceptors (Lipinski definition) is 6. The monoisotopic (exact) mass is 473 g/mol. The Labute approximate surface area is 208 Å². The fraction of sp³-hybridized carbons (Fsp3) is 0.0345. The Morgan fingerprint density at radius 1 is 0.806 bits per heavy atom. The number of benzene rings is 4. The molecule has 1 aliphatic heterocycles. The summed E-state index contributed by atoms with van der Waals surface area (Å²) in [6, 6.07) is 34.3. The zero-order chi connectivity index (χ0) is 24.7. The van der Waals surface area contributed by atoms with Gasteiger partial charge in [-0.1, -0.05) is 91.0 Å². The first-order valence-electron chi connectivity index (χ1n) is 11.5. The first-order valence-corrected chi connectivity index (χ1v) is 11.5. The van der Waals surface area contributed by atoms with Gasteiger partial charge in [-0.15, -0.1) is 0 Å². The zero-order valence-corrected chi connectivity index (χ0v) is 19.4. The summed E-state index contributed by atoms with van der Waals surface area (Å²) in [5.41, 5.74) is 5.09. The highest BCUT2D eigenvalue weighted by Gasteiger charge is 2.15. The third kappa shape index (κ3) is 5.37. The van der Waals surface area contributed by atoms with Gasteiger partial charge >= 0.3 is 0 Å². The molecule has 0 atom stereocenters. The minimum absolute atomic E-state index is 0.0261. The molecule has 0 bridgehead atoms. The average molecular weight is 474 g/mol. The molecule has 176 valence electrons. The number of nitrogens with one attached hydrogen (secondary N) is 1. The Kier molecular flexibility index (Phi) is 6.62. The van der Waals surface area contributed by atoms with E-state index in [1.165, 1.54) is 6.07 Å². The molecule has 5 rings (SSSR count). The molecule has 0 unspecified atom stereocenters. The van der Waals surface area contributed by atoms with E-state index in [0.717, 1.165) is 22.4 Å². The fourth-order valence-corrected chi connectivity index (χ4v) is 3.90. The summed E-state index contributed by atoms with van der Waals surface area (Å²) in [4.78, 5) is 15.7. The molecule has 0 fully saturated rings. The normalized spacial score (nSPS) is 12.9. The van der Waals surface area contributed by atoms with Gasteiger partial charge in [-0.25, -0.2) is 4.99 Å². The van der Waals surface area contributed by atoms with Crippen molar-refractivity contribution in [2.24, 2.45) is 10.1 Å². The minimum atomic E-state index is -0.388. The molecule has 4 aromatic carbocycles. The lowest BCUT2D eigenvalue weighted by atomic mass is 10.0. The molecular formula is C29H23N5O2. The predicted molar refractivity (Wildman–Crippen MR) is 144 cm³/mol. The number of hydrazone groups is 1. The smallest absolute Gasteiger partial charge is 0.270 e. The highest BCUT2D eigenvalue weighted by molar-refractivity contribution is 6.38. The van der Waals surface area contributed by atoms with Gasteiger partial charge in [-0.2, -0.15) is 5.10 Å². The van der Waals surface area contributed by atoms with E-state index in [1.54, 1.807) is 18.3 Å². The molecule has 0 aliphatic carbocycles. The number of hydrogen-bond donors (Lipinski definition) is 1. The zero-order valence-electron chi connectivity index (χ0n) is 19.4. The Balaban J connectivity index is 1.52. The van der Waals surface area contributed by atoms with Gasteiger partial charge in [-0.05, 0) is 17.2 Å². The Morgan fingerprint density at radius 2 is 1.44 bits per heavy atom. The van der Waals surface area contributed by atoms with E-state index < -0.39 is 0 Å². The molecule has 36 heavy (non-hydrogen) atoms. The van der Waals surface area contributed by atoms with Gasteiger partial charge in [0.15, 0.2) is 0 Å². The van der Waals surface area contributed by atoms with Crippen LogP contribution in [-0.2, 0) is 6.54 Å². The van der Waals surface area contributed by atoms with Crippen molar-refractivity contribution in [1.82, 2.24) is 5.01 Å². The second-order valence-electron chi connectivity index (χ2n) is 8.19. The van der Waals surface area contributed by atoms with Crippen LogP contribution in [0, 0.1) is 10.1 Å². The van der Waals surface area contributed by atoms with Crippen molar-refractivity contribution in [3.8, 4) is 11.1 Å². The van der Waals surface area contributed by atoms with Gasteiger partial charge < -0.3 is 5.32 Å². The van der Waals surface area contributed by atoms with Crippen LogP contribution in [-0.4, -0.2) is 21.9 Å². The Morgan fingerprint density at radius 3 is 2.11 bits per heavy atom. The molecule has 1 N–H and O–H groups in total. The summed E-state index contributed by atoms with van der Waals surface area (Å²) in [6.07, 6.45) is 3.57. The van der Waals surface area contributed by atoms with Crippen LogP contribution in [0.3, 0.4) is 0 Å². The maximum absolute atomic E-state index is 11.4. The van der Waals surface area contributed by atoms with Crippen molar-refractivity contribution in [2.75, 3.05) is 5.32 Å². The van der Waals surface area contributed by atoms with Crippen molar-refractivity contribution >= 4 is 23.3 Å². The van der Waals surface area contributed by atoms with Gasteiger partial charge in [0.05, 0.1) is 23.9 Å². The molecule has 7 heteroatoms. The highest BCUT2D eigenvalue weighted by atomic mass is 16.6. The largest absolute Gasteiger partial charge is 0.338 e. The van der Waals surface area contributed by atoms with E-state index in [4.69, 9.17) is 5.10 Å². The maximum atomic E-state index is 11.4. The molecule has 0 spiro atoms. The summed E-state index contributed by atoms with van der Waals surface area (Å²) in [5.74, 6) is 0.562. The standard InChI is InChI=1S/C29H23N5O2/c35-34(36)25-16-17-27(26(18-25)23-12-6-2-7-13-23)31-29-21-33(20-22-10-4-1-5-11-22)32-28(19-30-29)24-14-8-3-9-15-24/h1-19,21,31H,20H2. The van der Waals surface area contributed by atoms with Crippen LogP contribution in [0.25, 0.3) is 11.1 Å². The maximum Gasteiger partial charge on any atom is 0.270 e. The van der Waals surface area contributed by atoms with Crippen LogP contribution in [0.2, 0.25) is 0 Å². The van der Waals surface area contributed by atoms with Crippen LogP contribution in [0.15, 0.2) is 131 Å². The SMILES string of the molecule is O=[N+]([O-])c1ccc(NC2=CN(Cc3ccccc3)N=C(c3ccccc3)C=N2)c(-c2ccccc2)c1. The Hall–Kier alpha value is -5.04. The first-order chi connectivity index (χ1) is 17.7. The molecule has 0 saturated carbocycles. The molecule has 0 aromatic heterocycles. The molecule has 1 heterocycles. The summed E-state index contributed by atoms with van der Waals surface area (Å²) in [7, 11) is 0. The van der Waals surface area contributed by atoms with Gasteiger partial charge in [0.25, 0.3) is 5.69 Å². The van der Waals surface area contributed by atoms with Crippen molar-refractivity contribution in [1.29, 1.82) is 0 Å². The van der Waals surface area contributed by atoms with E-state index in [1.807, 2.05) is 102 Å². The highest BCUT2D eigenvalue weighted by Crippen LogP contribution is 2.33. The summed E-state index contributed by atoms with van der Waals surface area (Å²) < 4.78 is 0. The number of nitro groups is 1. The number of rotatable bonds is 7. The van der Waals surface area contributed by atoms with E-state index in [2.05, 4.69) is 10.3 Å². The van der Waals surface area contributed by atoms with Crippen LogP contribution in [0.5, 0.6) is 0 Å². The van der Waals surface area contributed by atoms with Gasteiger partial charge in [-0.3, -0.25) is 15.1 Å². The lowest BCUT2D eigenvalue weighted by Crippen LogP contribution is -2.14. The molecule has 7 nitrogen and oxygen atoms in total. The van der Waals surface area contributed by atoms with Crippen molar-refractivity contribution in [3.05, 3.63) is 142 Å². The second-order valence-corrected chi connectivity index (χ2v) is 8.19. The molecule has 1 aliphatic rings. The third-order valence-corrected chi connectivity index (χ3v) is 5.65. The van der Waals surface area contributed by atoms with E-state index in [9.17, 15) is 10.1 Å². The molecule has 0 radical (unpaired) electrons. The van der Waals surface area contributed by atoms with Crippen LogP contribution in [0.1, 0.15) is 11.1 Å². The lowest BCUT2D eigenvalue weighted by Gasteiger charge is -2.17. The van der Waals surface area contributed by atoms with Crippen LogP contribution >= 0.6 is 0 Å². The summed E-state index contributed by atoms with van der Waals surface area (Å²) in [6.45, 7) is 0.553. The summed E-state index contributed by atoms with van der Waals surface area (Å²) in [5, 5.41) is 21.5. The summed E-state index contributed by atoms with van der Waals surface area (Å²) >= 11 is 0. The quantitative estimate of drug-likeness (QED) is 0.246. The van der Waals surface area contributed by atoms with E-state index in [-0.39, 0.29) is 10.6 Å². The number of non-ortho nitro benzene ring substituents is 1.